The standard InChI is InChI=1S/C20H28N2O3S/c1-15(21-22-20(23)13-16-11-12-26(24,25)14-16)17-7-9-19(10-8-17)18-5-3-2-4-6-18/h7-10,16,18H,2-6,11-14H2,1H3,(H,22,23)/b21-15-/t16-/m0/s1. The smallest absolute Gasteiger partial charge is 0.240 e. The summed E-state index contributed by atoms with van der Waals surface area (Å²) in [5, 5.41) is 4.18. The summed E-state index contributed by atoms with van der Waals surface area (Å²) in [6.07, 6.45) is 7.34. The Kier molecular flexibility index (Phi) is 6.12. The van der Waals surface area contributed by atoms with Crippen LogP contribution in [0.4, 0.5) is 0 Å². The zero-order valence-electron chi connectivity index (χ0n) is 15.4. The normalized spacial score (nSPS) is 23.7. The first-order chi connectivity index (χ1) is 12.4. The molecule has 0 bridgehead atoms. The van der Waals surface area contributed by atoms with E-state index in [9.17, 15) is 13.2 Å². The summed E-state index contributed by atoms with van der Waals surface area (Å²) in [5.74, 6) is 0.694. The van der Waals surface area contributed by atoms with Crippen LogP contribution in [-0.4, -0.2) is 31.5 Å². The van der Waals surface area contributed by atoms with Crippen LogP contribution in [-0.2, 0) is 14.6 Å². The van der Waals surface area contributed by atoms with Crippen molar-refractivity contribution in [2.45, 2.75) is 57.8 Å². The van der Waals surface area contributed by atoms with Gasteiger partial charge < -0.3 is 0 Å². The van der Waals surface area contributed by atoms with Crippen LogP contribution < -0.4 is 5.43 Å². The maximum absolute atomic E-state index is 12.0. The summed E-state index contributed by atoms with van der Waals surface area (Å²) in [7, 11) is -2.94. The highest BCUT2D eigenvalue weighted by atomic mass is 32.2. The molecule has 26 heavy (non-hydrogen) atoms. The third-order valence-electron chi connectivity index (χ3n) is 5.55. The van der Waals surface area contributed by atoms with Crippen LogP contribution in [0.1, 0.15) is 68.9 Å². The van der Waals surface area contributed by atoms with Gasteiger partial charge in [0.1, 0.15) is 0 Å². The van der Waals surface area contributed by atoms with Gasteiger partial charge in [0.2, 0.25) is 5.91 Å². The van der Waals surface area contributed by atoms with Gasteiger partial charge in [-0.25, -0.2) is 13.8 Å². The highest BCUT2D eigenvalue weighted by Crippen LogP contribution is 2.32. The Balaban J connectivity index is 1.53. The van der Waals surface area contributed by atoms with E-state index < -0.39 is 9.84 Å². The molecule has 0 spiro atoms. The van der Waals surface area contributed by atoms with Crippen LogP contribution in [0.2, 0.25) is 0 Å². The molecular weight excluding hydrogens is 348 g/mol. The third-order valence-corrected chi connectivity index (χ3v) is 7.39. The Morgan fingerprint density at radius 3 is 2.42 bits per heavy atom. The minimum Gasteiger partial charge on any atom is -0.273 e. The first-order valence-electron chi connectivity index (χ1n) is 9.57. The lowest BCUT2D eigenvalue weighted by Gasteiger charge is -2.22. The maximum Gasteiger partial charge on any atom is 0.240 e. The fraction of sp³-hybridized carbons (Fsp3) is 0.600. The van der Waals surface area contributed by atoms with Crippen molar-refractivity contribution in [1.29, 1.82) is 0 Å². The summed E-state index contributed by atoms with van der Waals surface area (Å²) in [5.41, 5.74) is 5.71. The van der Waals surface area contributed by atoms with Crippen LogP contribution in [0, 0.1) is 5.92 Å². The number of nitrogens with zero attached hydrogens (tertiary/aromatic N) is 1. The number of amides is 1. The van der Waals surface area contributed by atoms with E-state index in [4.69, 9.17) is 0 Å². The second kappa shape index (κ2) is 8.33. The molecule has 1 N–H and O–H groups in total. The van der Waals surface area contributed by atoms with Crippen molar-refractivity contribution in [2.75, 3.05) is 11.5 Å². The van der Waals surface area contributed by atoms with Crippen molar-refractivity contribution in [1.82, 2.24) is 5.43 Å². The summed E-state index contributed by atoms with van der Waals surface area (Å²) in [6, 6.07) is 8.49. The van der Waals surface area contributed by atoms with Gasteiger partial charge in [0.15, 0.2) is 9.84 Å². The van der Waals surface area contributed by atoms with Gasteiger partial charge in [-0.3, -0.25) is 4.79 Å². The molecule has 1 aliphatic carbocycles. The Morgan fingerprint density at radius 1 is 1.12 bits per heavy atom. The fourth-order valence-corrected chi connectivity index (χ4v) is 5.85. The minimum atomic E-state index is -2.94. The summed E-state index contributed by atoms with van der Waals surface area (Å²) in [4.78, 5) is 12.0. The predicted molar refractivity (Wildman–Crippen MR) is 104 cm³/mol. The monoisotopic (exact) mass is 376 g/mol. The number of nitrogens with one attached hydrogen (secondary N) is 1. The Bertz CT molecular complexity index is 763. The molecular formula is C20H28N2O3S. The van der Waals surface area contributed by atoms with E-state index in [1.165, 1.54) is 37.7 Å². The second-order valence-corrected chi connectivity index (χ2v) is 9.89. The first kappa shape index (κ1) is 19.1. The van der Waals surface area contributed by atoms with Gasteiger partial charge in [-0.15, -0.1) is 0 Å². The van der Waals surface area contributed by atoms with Crippen molar-refractivity contribution in [2.24, 2.45) is 11.0 Å². The molecule has 0 radical (unpaired) electrons. The van der Waals surface area contributed by atoms with Crippen molar-refractivity contribution in [3.8, 4) is 0 Å². The lowest BCUT2D eigenvalue weighted by molar-refractivity contribution is -0.121. The number of benzene rings is 1. The zero-order chi connectivity index (χ0) is 18.6. The molecule has 1 aromatic carbocycles. The Morgan fingerprint density at radius 2 is 1.81 bits per heavy atom. The van der Waals surface area contributed by atoms with Crippen molar-refractivity contribution >= 4 is 21.5 Å². The molecule has 2 fully saturated rings. The van der Waals surface area contributed by atoms with Crippen LogP contribution in [0.3, 0.4) is 0 Å². The number of hydrogen-bond donors (Lipinski definition) is 1. The molecule has 3 rings (SSSR count). The minimum absolute atomic E-state index is 0.0784. The van der Waals surface area contributed by atoms with Gasteiger partial charge in [-0.2, -0.15) is 5.10 Å². The average molecular weight is 377 g/mol. The topological polar surface area (TPSA) is 75.6 Å². The van der Waals surface area contributed by atoms with E-state index in [1.54, 1.807) is 0 Å². The van der Waals surface area contributed by atoms with Gasteiger partial charge in [-0.05, 0) is 49.1 Å². The highest BCUT2D eigenvalue weighted by Gasteiger charge is 2.29. The van der Waals surface area contributed by atoms with Gasteiger partial charge in [0.05, 0.1) is 17.2 Å². The van der Waals surface area contributed by atoms with Crippen molar-refractivity contribution in [3.63, 3.8) is 0 Å². The largest absolute Gasteiger partial charge is 0.273 e. The number of rotatable bonds is 5. The van der Waals surface area contributed by atoms with E-state index in [-0.39, 0.29) is 29.8 Å². The summed E-state index contributed by atoms with van der Waals surface area (Å²) < 4.78 is 22.9. The lowest BCUT2D eigenvalue weighted by Crippen LogP contribution is -2.22. The molecule has 1 atom stereocenters. The number of hydrazone groups is 1. The van der Waals surface area contributed by atoms with E-state index >= 15 is 0 Å². The molecule has 1 saturated carbocycles. The van der Waals surface area contributed by atoms with Crippen LogP contribution >= 0.6 is 0 Å². The Hall–Kier alpha value is -1.69. The number of carbonyl (C=O) groups excluding carboxylic acids is 1. The van der Waals surface area contributed by atoms with Crippen molar-refractivity contribution < 1.29 is 13.2 Å². The average Bonchev–Trinajstić information content (AvgIpc) is 2.99. The van der Waals surface area contributed by atoms with Gasteiger partial charge >= 0.3 is 0 Å². The molecule has 1 heterocycles. The van der Waals surface area contributed by atoms with Gasteiger partial charge in [0, 0.05) is 6.42 Å². The van der Waals surface area contributed by atoms with E-state index in [0.29, 0.717) is 12.3 Å². The lowest BCUT2D eigenvalue weighted by atomic mass is 9.84. The van der Waals surface area contributed by atoms with Crippen LogP contribution in [0.25, 0.3) is 0 Å². The van der Waals surface area contributed by atoms with E-state index in [0.717, 1.165) is 11.3 Å². The SMILES string of the molecule is C/C(=N/NC(=O)C[C@@H]1CCS(=O)(=O)C1)c1ccc(C2CCCCC2)cc1. The van der Waals surface area contributed by atoms with Gasteiger partial charge in [-0.1, -0.05) is 43.5 Å². The molecule has 142 valence electrons. The first-order valence-corrected chi connectivity index (χ1v) is 11.4. The molecule has 1 aliphatic heterocycles. The van der Waals surface area contributed by atoms with Crippen LogP contribution in [0.15, 0.2) is 29.4 Å². The summed E-state index contributed by atoms with van der Waals surface area (Å²) in [6.45, 7) is 1.87. The van der Waals surface area contributed by atoms with E-state index in [2.05, 4.69) is 34.8 Å². The van der Waals surface area contributed by atoms with E-state index in [1.807, 2.05) is 6.92 Å². The van der Waals surface area contributed by atoms with Crippen molar-refractivity contribution in [3.05, 3.63) is 35.4 Å². The second-order valence-electron chi connectivity index (χ2n) is 7.66. The molecule has 6 heteroatoms. The molecule has 2 aliphatic rings. The quantitative estimate of drug-likeness (QED) is 0.632. The Labute approximate surface area is 156 Å². The third kappa shape index (κ3) is 5.16. The molecule has 5 nitrogen and oxygen atoms in total. The molecule has 1 saturated heterocycles. The number of hydrogen-bond acceptors (Lipinski definition) is 4. The fourth-order valence-electron chi connectivity index (χ4n) is 3.98. The summed E-state index contributed by atoms with van der Waals surface area (Å²) >= 11 is 0. The predicted octanol–water partition coefficient (Wildman–Crippen LogP) is 3.40. The number of sulfone groups is 1. The molecule has 1 aromatic rings. The highest BCUT2D eigenvalue weighted by molar-refractivity contribution is 7.91. The van der Waals surface area contributed by atoms with Crippen LogP contribution in [0.5, 0.6) is 0 Å². The van der Waals surface area contributed by atoms with Gasteiger partial charge in [0.25, 0.3) is 0 Å². The zero-order valence-corrected chi connectivity index (χ0v) is 16.2. The molecule has 0 unspecified atom stereocenters. The number of carbonyl (C=O) groups is 1. The maximum atomic E-state index is 12.0. The molecule has 1 amide bonds. The molecule has 0 aromatic heterocycles.